The van der Waals surface area contributed by atoms with Crippen molar-refractivity contribution < 1.29 is 31.5 Å². The van der Waals surface area contributed by atoms with Gasteiger partial charge in [-0.2, -0.15) is 23.5 Å². The maximum absolute atomic E-state index is 15.2. The fraction of sp³-hybridized carbons (Fsp3) is 0.208. The highest BCUT2D eigenvalue weighted by molar-refractivity contribution is 6.40. The SMILES string of the molecule is Cc1c(C2(C(N)=O)CC(C(N)=O)=Nc3cccc(F)c32)c(C(F)(F)F)nn1Cc1ccc(C#N)cc1F. The van der Waals surface area contributed by atoms with Crippen molar-refractivity contribution in [3.8, 4) is 6.07 Å². The predicted octanol–water partition coefficient (Wildman–Crippen LogP) is 3.14. The fourth-order valence-electron chi connectivity index (χ4n) is 4.56. The predicted molar refractivity (Wildman–Crippen MR) is 119 cm³/mol. The van der Waals surface area contributed by atoms with Crippen LogP contribution in [0.3, 0.4) is 0 Å². The molecule has 0 saturated heterocycles. The average Bonchev–Trinajstić information content (AvgIpc) is 3.16. The number of benzene rings is 2. The van der Waals surface area contributed by atoms with Crippen molar-refractivity contribution in [1.29, 1.82) is 5.26 Å². The molecule has 1 atom stereocenters. The Bertz CT molecular complexity index is 1540. The van der Waals surface area contributed by atoms with Crippen LogP contribution in [0, 0.1) is 29.9 Å². The third-order valence-electron chi connectivity index (χ3n) is 6.22. The van der Waals surface area contributed by atoms with E-state index in [1.165, 1.54) is 31.2 Å². The van der Waals surface area contributed by atoms with Crippen LogP contribution in [0.25, 0.3) is 0 Å². The largest absolute Gasteiger partial charge is 0.435 e. The van der Waals surface area contributed by atoms with Gasteiger partial charge < -0.3 is 11.5 Å². The summed E-state index contributed by atoms with van der Waals surface area (Å²) in [5.41, 5.74) is 4.34. The summed E-state index contributed by atoms with van der Waals surface area (Å²) in [7, 11) is 0. The van der Waals surface area contributed by atoms with Gasteiger partial charge in [-0.25, -0.2) is 13.8 Å². The minimum absolute atomic E-state index is 0.00431. The Morgan fingerprint density at radius 2 is 1.84 bits per heavy atom. The van der Waals surface area contributed by atoms with Gasteiger partial charge in [-0.3, -0.25) is 14.3 Å². The van der Waals surface area contributed by atoms with Gasteiger partial charge in [0.1, 0.15) is 22.8 Å². The normalized spacial score (nSPS) is 17.1. The first kappa shape index (κ1) is 25.5. The van der Waals surface area contributed by atoms with Gasteiger partial charge in [-0.15, -0.1) is 0 Å². The topological polar surface area (TPSA) is 140 Å². The molecular weight excluding hydrogens is 499 g/mol. The van der Waals surface area contributed by atoms with E-state index in [2.05, 4.69) is 10.1 Å². The van der Waals surface area contributed by atoms with E-state index in [1.54, 1.807) is 6.07 Å². The molecule has 0 aliphatic carbocycles. The van der Waals surface area contributed by atoms with Crippen LogP contribution in [0.1, 0.15) is 40.1 Å². The number of fused-ring (bicyclic) bond motifs is 1. The molecule has 1 aliphatic heterocycles. The maximum atomic E-state index is 15.2. The van der Waals surface area contributed by atoms with E-state index in [0.29, 0.717) is 0 Å². The first-order chi connectivity index (χ1) is 17.3. The molecule has 13 heteroatoms. The van der Waals surface area contributed by atoms with E-state index >= 15 is 4.39 Å². The molecule has 1 aliphatic rings. The molecule has 2 aromatic carbocycles. The first-order valence-corrected chi connectivity index (χ1v) is 10.6. The Hall–Kier alpha value is -4.60. The smallest absolute Gasteiger partial charge is 0.369 e. The number of halogens is 5. The Balaban J connectivity index is 2.04. The zero-order valence-corrected chi connectivity index (χ0v) is 19.0. The fourth-order valence-corrected chi connectivity index (χ4v) is 4.56. The van der Waals surface area contributed by atoms with Crippen LogP contribution >= 0.6 is 0 Å². The van der Waals surface area contributed by atoms with Crippen LogP contribution in [0.5, 0.6) is 0 Å². The quantitative estimate of drug-likeness (QED) is 0.503. The molecule has 4 rings (SSSR count). The molecule has 4 N–H and O–H groups in total. The number of nitrogens with two attached hydrogens (primary N) is 2. The van der Waals surface area contributed by atoms with Crippen molar-refractivity contribution in [1.82, 2.24) is 9.78 Å². The number of carbonyl (C=O) groups is 2. The Morgan fingerprint density at radius 3 is 2.41 bits per heavy atom. The first-order valence-electron chi connectivity index (χ1n) is 10.6. The Morgan fingerprint density at radius 1 is 1.14 bits per heavy atom. The molecule has 3 aromatic rings. The summed E-state index contributed by atoms with van der Waals surface area (Å²) >= 11 is 0. The second-order valence-corrected chi connectivity index (χ2v) is 8.39. The van der Waals surface area contributed by atoms with Gasteiger partial charge in [0.2, 0.25) is 5.91 Å². The lowest BCUT2D eigenvalue weighted by molar-refractivity contribution is -0.142. The number of nitrogens with zero attached hydrogens (tertiary/aromatic N) is 4. The molecule has 2 heterocycles. The molecule has 0 spiro atoms. The number of primary amides is 2. The van der Waals surface area contributed by atoms with E-state index in [0.717, 1.165) is 16.8 Å². The number of amides is 2. The lowest BCUT2D eigenvalue weighted by Crippen LogP contribution is -2.49. The van der Waals surface area contributed by atoms with Gasteiger partial charge in [0, 0.05) is 28.8 Å². The number of aliphatic imine (C=N–C) groups is 1. The number of rotatable bonds is 5. The molecule has 37 heavy (non-hydrogen) atoms. The summed E-state index contributed by atoms with van der Waals surface area (Å²) in [6.07, 6.45) is -6.02. The van der Waals surface area contributed by atoms with Crippen molar-refractivity contribution >= 4 is 23.2 Å². The van der Waals surface area contributed by atoms with Gasteiger partial charge in [0.05, 0.1) is 23.9 Å². The zero-order valence-electron chi connectivity index (χ0n) is 19.0. The molecule has 0 radical (unpaired) electrons. The second kappa shape index (κ2) is 8.81. The zero-order chi connectivity index (χ0) is 27.3. The highest BCUT2D eigenvalue weighted by atomic mass is 19.4. The molecule has 0 bridgehead atoms. The third-order valence-corrected chi connectivity index (χ3v) is 6.22. The minimum atomic E-state index is -5.16. The highest BCUT2D eigenvalue weighted by Gasteiger charge is 2.55. The monoisotopic (exact) mass is 516 g/mol. The van der Waals surface area contributed by atoms with Crippen molar-refractivity contribution in [2.24, 2.45) is 16.5 Å². The number of carbonyl (C=O) groups excluding carboxylic acids is 2. The van der Waals surface area contributed by atoms with Gasteiger partial charge >= 0.3 is 6.18 Å². The summed E-state index contributed by atoms with van der Waals surface area (Å²) in [5, 5.41) is 12.5. The molecule has 190 valence electrons. The number of hydrogen-bond acceptors (Lipinski definition) is 5. The van der Waals surface area contributed by atoms with E-state index < -0.39 is 70.5 Å². The van der Waals surface area contributed by atoms with Crippen LogP contribution in [-0.2, 0) is 27.7 Å². The van der Waals surface area contributed by atoms with Gasteiger partial charge in [-0.05, 0) is 31.2 Å². The Kier molecular flexibility index (Phi) is 6.07. The van der Waals surface area contributed by atoms with Crippen LogP contribution in [0.2, 0.25) is 0 Å². The molecule has 8 nitrogen and oxygen atoms in total. The lowest BCUT2D eigenvalue weighted by Gasteiger charge is -2.36. The summed E-state index contributed by atoms with van der Waals surface area (Å²) in [6.45, 7) is 0.655. The number of nitriles is 1. The highest BCUT2D eigenvalue weighted by Crippen LogP contribution is 2.50. The summed E-state index contributed by atoms with van der Waals surface area (Å²) < 4.78 is 73.5. The van der Waals surface area contributed by atoms with Crippen molar-refractivity contribution in [2.75, 3.05) is 0 Å². The standard InChI is InChI=1S/C24H17F5N6O2/c1-11-18(20(24(27,28)29)34-35(11)10-13-6-5-12(9-30)7-15(13)26)23(22(32)37)8-17(21(31)36)33-16-4-2-3-14(25)19(16)23/h2-7H,8,10H2,1H3,(H2,31,36)(H2,32,37). The molecule has 1 unspecified atom stereocenters. The van der Waals surface area contributed by atoms with Crippen LogP contribution in [-0.4, -0.2) is 27.3 Å². The molecule has 0 fully saturated rings. The van der Waals surface area contributed by atoms with Crippen molar-refractivity contribution in [3.63, 3.8) is 0 Å². The van der Waals surface area contributed by atoms with Crippen LogP contribution in [0.15, 0.2) is 41.4 Å². The minimum Gasteiger partial charge on any atom is -0.369 e. The van der Waals surface area contributed by atoms with E-state index in [1.807, 2.05) is 0 Å². The summed E-state index contributed by atoms with van der Waals surface area (Å²) in [6, 6.07) is 8.46. The molecule has 1 aromatic heterocycles. The van der Waals surface area contributed by atoms with Gasteiger partial charge in [0.15, 0.2) is 5.69 Å². The van der Waals surface area contributed by atoms with Crippen molar-refractivity contribution in [3.05, 3.63) is 81.7 Å². The van der Waals surface area contributed by atoms with Crippen LogP contribution in [0.4, 0.5) is 27.6 Å². The molecule has 0 saturated carbocycles. The van der Waals surface area contributed by atoms with E-state index in [-0.39, 0.29) is 22.5 Å². The van der Waals surface area contributed by atoms with Gasteiger partial charge in [-0.1, -0.05) is 12.1 Å². The Labute approximate surface area is 206 Å². The number of hydrogen-bond donors (Lipinski definition) is 2. The second-order valence-electron chi connectivity index (χ2n) is 8.39. The number of alkyl halides is 3. The molecule has 2 amide bonds. The van der Waals surface area contributed by atoms with E-state index in [4.69, 9.17) is 16.7 Å². The van der Waals surface area contributed by atoms with Crippen LogP contribution < -0.4 is 11.5 Å². The average molecular weight is 516 g/mol. The third kappa shape index (κ3) is 4.10. The van der Waals surface area contributed by atoms with E-state index in [9.17, 15) is 27.2 Å². The summed E-state index contributed by atoms with van der Waals surface area (Å²) in [5.74, 6) is -4.49. The lowest BCUT2D eigenvalue weighted by atomic mass is 9.67. The number of aromatic nitrogens is 2. The van der Waals surface area contributed by atoms with Gasteiger partial charge in [0.25, 0.3) is 5.91 Å². The maximum Gasteiger partial charge on any atom is 0.435 e. The molecular formula is C24H17F5N6O2. The van der Waals surface area contributed by atoms with Crippen molar-refractivity contribution in [2.45, 2.75) is 31.5 Å². The summed E-state index contributed by atoms with van der Waals surface area (Å²) in [4.78, 5) is 29.0.